The second-order valence-corrected chi connectivity index (χ2v) is 6.82. The Morgan fingerprint density at radius 1 is 1.28 bits per heavy atom. The molecule has 2 heterocycles. The first-order chi connectivity index (χ1) is 12.1. The van der Waals surface area contributed by atoms with Crippen LogP contribution in [0.15, 0.2) is 53.7 Å². The number of hydrogen-bond donors (Lipinski definition) is 1. The summed E-state index contributed by atoms with van der Waals surface area (Å²) in [6, 6.07) is 9.84. The number of nitrogens with zero attached hydrogens (tertiary/aromatic N) is 4. The van der Waals surface area contributed by atoms with Crippen molar-refractivity contribution in [3.8, 4) is 0 Å². The van der Waals surface area contributed by atoms with E-state index >= 15 is 0 Å². The summed E-state index contributed by atoms with van der Waals surface area (Å²) in [5.74, 6) is -0.0608. The van der Waals surface area contributed by atoms with Gasteiger partial charge in [0.25, 0.3) is 5.91 Å². The molecule has 0 fully saturated rings. The van der Waals surface area contributed by atoms with Gasteiger partial charge in [-0.1, -0.05) is 12.1 Å². The van der Waals surface area contributed by atoms with E-state index in [-0.39, 0.29) is 11.9 Å². The number of amides is 1. The Morgan fingerprint density at radius 3 is 2.68 bits per heavy atom. The van der Waals surface area contributed by atoms with Crippen LogP contribution in [0, 0.1) is 0 Å². The molecule has 1 unspecified atom stereocenters. The van der Waals surface area contributed by atoms with Crippen LogP contribution in [-0.4, -0.2) is 46.2 Å². The van der Waals surface area contributed by atoms with Crippen LogP contribution in [-0.2, 0) is 6.54 Å². The average molecular weight is 355 g/mol. The number of thiophene rings is 1. The summed E-state index contributed by atoms with van der Waals surface area (Å²) >= 11 is 1.67. The van der Waals surface area contributed by atoms with E-state index in [1.165, 1.54) is 11.9 Å². The van der Waals surface area contributed by atoms with Crippen molar-refractivity contribution in [2.75, 3.05) is 20.6 Å². The van der Waals surface area contributed by atoms with Crippen LogP contribution in [0.4, 0.5) is 0 Å². The number of benzene rings is 1. The van der Waals surface area contributed by atoms with E-state index in [1.54, 1.807) is 22.3 Å². The summed E-state index contributed by atoms with van der Waals surface area (Å²) < 4.78 is 1.75. The molecule has 1 aromatic carbocycles. The largest absolute Gasteiger partial charge is 0.350 e. The van der Waals surface area contributed by atoms with Gasteiger partial charge in [-0.05, 0) is 54.2 Å². The molecule has 3 aromatic rings. The Kier molecular flexibility index (Phi) is 5.57. The highest BCUT2D eigenvalue weighted by atomic mass is 32.1. The van der Waals surface area contributed by atoms with Gasteiger partial charge in [0.05, 0.1) is 12.6 Å². The number of likely N-dealkylation sites (N-methyl/N-ethyl adjacent to an activating group) is 1. The fourth-order valence-electron chi connectivity index (χ4n) is 2.62. The van der Waals surface area contributed by atoms with E-state index in [4.69, 9.17) is 0 Å². The molecule has 130 valence electrons. The van der Waals surface area contributed by atoms with Crippen molar-refractivity contribution in [3.63, 3.8) is 0 Å². The van der Waals surface area contributed by atoms with Gasteiger partial charge in [0.15, 0.2) is 0 Å². The second kappa shape index (κ2) is 8.04. The van der Waals surface area contributed by atoms with Crippen LogP contribution in [0.3, 0.4) is 0 Å². The summed E-state index contributed by atoms with van der Waals surface area (Å²) in [7, 11) is 4.04. The molecule has 0 spiro atoms. The van der Waals surface area contributed by atoms with Gasteiger partial charge in [0.1, 0.15) is 12.7 Å². The van der Waals surface area contributed by atoms with Gasteiger partial charge in [-0.3, -0.25) is 4.79 Å². The molecule has 1 N–H and O–H groups in total. The lowest BCUT2D eigenvalue weighted by atomic mass is 10.1. The van der Waals surface area contributed by atoms with Crippen molar-refractivity contribution in [2.45, 2.75) is 12.6 Å². The summed E-state index contributed by atoms with van der Waals surface area (Å²) in [4.78, 5) is 18.5. The smallest absolute Gasteiger partial charge is 0.251 e. The molecular weight excluding hydrogens is 334 g/mol. The van der Waals surface area contributed by atoms with Gasteiger partial charge >= 0.3 is 0 Å². The average Bonchev–Trinajstić information content (AvgIpc) is 3.29. The molecule has 3 rings (SSSR count). The summed E-state index contributed by atoms with van der Waals surface area (Å²) in [5, 5.41) is 11.3. The number of carbonyl (C=O) groups excluding carboxylic acids is 1. The van der Waals surface area contributed by atoms with Gasteiger partial charge in [0, 0.05) is 12.1 Å². The molecule has 2 aromatic heterocycles. The zero-order valence-electron chi connectivity index (χ0n) is 14.3. The Morgan fingerprint density at radius 2 is 2.08 bits per heavy atom. The Bertz CT molecular complexity index is 782. The van der Waals surface area contributed by atoms with E-state index in [2.05, 4.69) is 37.1 Å². The summed E-state index contributed by atoms with van der Waals surface area (Å²) in [5.41, 5.74) is 2.95. The maximum Gasteiger partial charge on any atom is 0.251 e. The van der Waals surface area contributed by atoms with Crippen molar-refractivity contribution in [2.24, 2.45) is 0 Å². The van der Waals surface area contributed by atoms with Gasteiger partial charge in [0.2, 0.25) is 0 Å². The quantitative estimate of drug-likeness (QED) is 0.707. The molecule has 0 aliphatic heterocycles. The maximum atomic E-state index is 12.4. The number of carbonyl (C=O) groups is 1. The Balaban J connectivity index is 1.59. The van der Waals surface area contributed by atoms with E-state index in [1.807, 2.05) is 38.4 Å². The lowest BCUT2D eigenvalue weighted by molar-refractivity contribution is 0.0942. The van der Waals surface area contributed by atoms with Gasteiger partial charge in [-0.25, -0.2) is 9.67 Å². The summed E-state index contributed by atoms with van der Waals surface area (Å²) in [6.45, 7) is 1.21. The molecule has 1 amide bonds. The van der Waals surface area contributed by atoms with Gasteiger partial charge < -0.3 is 10.2 Å². The first-order valence-corrected chi connectivity index (χ1v) is 8.96. The topological polar surface area (TPSA) is 63.1 Å². The van der Waals surface area contributed by atoms with Gasteiger partial charge in [-0.15, -0.1) is 0 Å². The second-order valence-electron chi connectivity index (χ2n) is 6.04. The number of aromatic nitrogens is 3. The molecule has 0 saturated heterocycles. The third-order valence-electron chi connectivity index (χ3n) is 4.03. The third kappa shape index (κ3) is 4.52. The molecule has 7 heteroatoms. The Labute approximate surface area is 151 Å². The Hall–Kier alpha value is -2.51. The first kappa shape index (κ1) is 17.3. The van der Waals surface area contributed by atoms with Crippen LogP contribution in [0.5, 0.6) is 0 Å². The summed E-state index contributed by atoms with van der Waals surface area (Å²) in [6.07, 6.45) is 3.18. The molecule has 0 radical (unpaired) electrons. The predicted molar refractivity (Wildman–Crippen MR) is 98.6 cm³/mol. The van der Waals surface area contributed by atoms with E-state index < -0.39 is 0 Å². The third-order valence-corrected chi connectivity index (χ3v) is 4.74. The standard InChI is InChI=1S/C18H21N5OS/c1-22(2)17(16-7-8-25-11-16)9-20-18(24)15-5-3-14(4-6-15)10-23-13-19-12-21-23/h3-8,11-13,17H,9-10H2,1-2H3,(H,20,24). The fourth-order valence-corrected chi connectivity index (χ4v) is 3.32. The van der Waals surface area contributed by atoms with Gasteiger partial charge in [-0.2, -0.15) is 16.4 Å². The monoisotopic (exact) mass is 355 g/mol. The van der Waals surface area contributed by atoms with Crippen molar-refractivity contribution >= 4 is 17.2 Å². The molecule has 0 saturated carbocycles. The highest BCUT2D eigenvalue weighted by Crippen LogP contribution is 2.20. The SMILES string of the molecule is CN(C)C(CNC(=O)c1ccc(Cn2cncn2)cc1)c1ccsc1. The minimum absolute atomic E-state index is 0.0608. The molecule has 0 aliphatic rings. The zero-order valence-corrected chi connectivity index (χ0v) is 15.1. The van der Waals surface area contributed by atoms with Crippen LogP contribution >= 0.6 is 11.3 Å². The number of nitrogens with one attached hydrogen (secondary N) is 1. The van der Waals surface area contributed by atoms with Crippen LogP contribution in [0.25, 0.3) is 0 Å². The molecule has 0 bridgehead atoms. The molecule has 6 nitrogen and oxygen atoms in total. The minimum atomic E-state index is -0.0608. The van der Waals surface area contributed by atoms with Crippen LogP contribution in [0.1, 0.15) is 27.5 Å². The molecule has 25 heavy (non-hydrogen) atoms. The number of rotatable bonds is 7. The van der Waals surface area contributed by atoms with Crippen LogP contribution in [0.2, 0.25) is 0 Å². The zero-order chi connectivity index (χ0) is 17.6. The van der Waals surface area contributed by atoms with Crippen molar-refractivity contribution in [3.05, 3.63) is 70.4 Å². The van der Waals surface area contributed by atoms with E-state index in [0.717, 1.165) is 5.56 Å². The lowest BCUT2D eigenvalue weighted by Gasteiger charge is -2.24. The van der Waals surface area contributed by atoms with Crippen molar-refractivity contribution in [1.82, 2.24) is 25.0 Å². The van der Waals surface area contributed by atoms with Crippen LogP contribution < -0.4 is 5.32 Å². The van der Waals surface area contributed by atoms with Crippen molar-refractivity contribution < 1.29 is 4.79 Å². The maximum absolute atomic E-state index is 12.4. The highest BCUT2D eigenvalue weighted by Gasteiger charge is 2.16. The lowest BCUT2D eigenvalue weighted by Crippen LogP contribution is -2.34. The van der Waals surface area contributed by atoms with E-state index in [0.29, 0.717) is 18.7 Å². The fraction of sp³-hybridized carbons (Fsp3) is 0.278. The molecular formula is C18H21N5OS. The highest BCUT2D eigenvalue weighted by molar-refractivity contribution is 7.07. The predicted octanol–water partition coefficient (Wildman–Crippen LogP) is 2.42. The van der Waals surface area contributed by atoms with Crippen molar-refractivity contribution in [1.29, 1.82) is 0 Å². The minimum Gasteiger partial charge on any atom is -0.350 e. The number of hydrogen-bond acceptors (Lipinski definition) is 5. The first-order valence-electron chi connectivity index (χ1n) is 8.01. The molecule has 0 aliphatic carbocycles. The molecule has 1 atom stereocenters. The van der Waals surface area contributed by atoms with E-state index in [9.17, 15) is 4.79 Å². The normalized spacial score (nSPS) is 12.3.